The van der Waals surface area contributed by atoms with Crippen LogP contribution in [0.3, 0.4) is 0 Å². The van der Waals surface area contributed by atoms with Crippen LogP contribution in [0.25, 0.3) is 0 Å². The highest BCUT2D eigenvalue weighted by atomic mass is 79.9. The van der Waals surface area contributed by atoms with E-state index in [0.29, 0.717) is 18.0 Å². The standard InChI is InChI=1S/C17H27BrN2/c1-4-15(19)17(13-7-9-14(18)10-8-13)20-11-5-6-16(20)12(2)3/h7-10,12,15-17H,4-6,11,19H2,1-3H3. The normalized spacial score (nSPS) is 23.2. The first-order valence-electron chi connectivity index (χ1n) is 7.81. The van der Waals surface area contributed by atoms with E-state index in [4.69, 9.17) is 5.73 Å². The summed E-state index contributed by atoms with van der Waals surface area (Å²) in [5.41, 5.74) is 7.83. The van der Waals surface area contributed by atoms with Gasteiger partial charge in [-0.05, 0) is 49.4 Å². The first kappa shape index (κ1) is 16.0. The van der Waals surface area contributed by atoms with Crippen molar-refractivity contribution in [3.63, 3.8) is 0 Å². The molecule has 20 heavy (non-hydrogen) atoms. The summed E-state index contributed by atoms with van der Waals surface area (Å²) in [6.45, 7) is 8.03. The van der Waals surface area contributed by atoms with Crippen molar-refractivity contribution in [1.29, 1.82) is 0 Å². The van der Waals surface area contributed by atoms with Crippen LogP contribution in [-0.2, 0) is 0 Å². The summed E-state index contributed by atoms with van der Waals surface area (Å²) >= 11 is 3.52. The van der Waals surface area contributed by atoms with Crippen molar-refractivity contribution < 1.29 is 0 Å². The van der Waals surface area contributed by atoms with Gasteiger partial charge < -0.3 is 5.73 Å². The van der Waals surface area contributed by atoms with Gasteiger partial charge in [-0.25, -0.2) is 0 Å². The van der Waals surface area contributed by atoms with Gasteiger partial charge in [0, 0.05) is 16.6 Å². The molecule has 0 spiro atoms. The lowest BCUT2D eigenvalue weighted by Crippen LogP contribution is -2.44. The predicted molar refractivity (Wildman–Crippen MR) is 89.7 cm³/mol. The molecule has 1 aliphatic rings. The largest absolute Gasteiger partial charge is 0.326 e. The minimum absolute atomic E-state index is 0.204. The highest BCUT2D eigenvalue weighted by molar-refractivity contribution is 9.10. The van der Waals surface area contributed by atoms with Crippen LogP contribution in [0.1, 0.15) is 51.6 Å². The quantitative estimate of drug-likeness (QED) is 0.864. The third-order valence-corrected chi connectivity index (χ3v) is 5.09. The topological polar surface area (TPSA) is 29.3 Å². The monoisotopic (exact) mass is 338 g/mol. The van der Waals surface area contributed by atoms with E-state index in [9.17, 15) is 0 Å². The zero-order valence-corrected chi connectivity index (χ0v) is 14.4. The van der Waals surface area contributed by atoms with Crippen molar-refractivity contribution >= 4 is 15.9 Å². The molecule has 1 saturated heterocycles. The Kier molecular flexibility index (Phi) is 5.65. The summed E-state index contributed by atoms with van der Waals surface area (Å²) in [5.74, 6) is 0.694. The van der Waals surface area contributed by atoms with Crippen molar-refractivity contribution in [2.24, 2.45) is 11.7 Å². The van der Waals surface area contributed by atoms with E-state index in [-0.39, 0.29) is 6.04 Å². The first-order valence-corrected chi connectivity index (χ1v) is 8.60. The molecule has 3 atom stereocenters. The van der Waals surface area contributed by atoms with E-state index in [0.717, 1.165) is 10.9 Å². The molecule has 2 nitrogen and oxygen atoms in total. The fourth-order valence-electron chi connectivity index (χ4n) is 3.44. The summed E-state index contributed by atoms with van der Waals surface area (Å²) in [5, 5.41) is 0. The SMILES string of the molecule is CCC(N)C(c1ccc(Br)cc1)N1CCCC1C(C)C. The first-order chi connectivity index (χ1) is 9.54. The zero-order chi connectivity index (χ0) is 14.7. The molecule has 2 rings (SSSR count). The van der Waals surface area contributed by atoms with Gasteiger partial charge in [0.05, 0.1) is 6.04 Å². The lowest BCUT2D eigenvalue weighted by Gasteiger charge is -2.38. The van der Waals surface area contributed by atoms with Crippen LogP contribution in [0.15, 0.2) is 28.7 Å². The maximum absolute atomic E-state index is 6.48. The Morgan fingerprint density at radius 3 is 2.50 bits per heavy atom. The van der Waals surface area contributed by atoms with Crippen LogP contribution in [0.5, 0.6) is 0 Å². The smallest absolute Gasteiger partial charge is 0.0502 e. The molecular weight excluding hydrogens is 312 g/mol. The van der Waals surface area contributed by atoms with E-state index < -0.39 is 0 Å². The van der Waals surface area contributed by atoms with Gasteiger partial charge in [0.1, 0.15) is 0 Å². The maximum Gasteiger partial charge on any atom is 0.0502 e. The van der Waals surface area contributed by atoms with E-state index in [1.807, 2.05) is 0 Å². The van der Waals surface area contributed by atoms with E-state index >= 15 is 0 Å². The van der Waals surface area contributed by atoms with Gasteiger partial charge in [-0.2, -0.15) is 0 Å². The second kappa shape index (κ2) is 7.06. The van der Waals surface area contributed by atoms with Gasteiger partial charge >= 0.3 is 0 Å². The van der Waals surface area contributed by atoms with Crippen LogP contribution in [-0.4, -0.2) is 23.5 Å². The van der Waals surface area contributed by atoms with Gasteiger partial charge in [-0.1, -0.05) is 48.8 Å². The Labute approximate surface area is 131 Å². The Morgan fingerprint density at radius 1 is 1.30 bits per heavy atom. The molecule has 3 heteroatoms. The summed E-state index contributed by atoms with van der Waals surface area (Å²) < 4.78 is 1.13. The Morgan fingerprint density at radius 2 is 1.95 bits per heavy atom. The second-order valence-electron chi connectivity index (χ2n) is 6.26. The summed E-state index contributed by atoms with van der Waals surface area (Å²) in [7, 11) is 0. The van der Waals surface area contributed by atoms with Crippen molar-refractivity contribution in [2.45, 2.75) is 58.2 Å². The molecule has 0 radical (unpaired) electrons. The number of likely N-dealkylation sites (tertiary alicyclic amines) is 1. The molecular formula is C17H27BrN2. The fraction of sp³-hybridized carbons (Fsp3) is 0.647. The van der Waals surface area contributed by atoms with Gasteiger partial charge in [0.25, 0.3) is 0 Å². The highest BCUT2D eigenvalue weighted by Crippen LogP contribution is 2.35. The van der Waals surface area contributed by atoms with Gasteiger partial charge in [0.15, 0.2) is 0 Å². The van der Waals surface area contributed by atoms with E-state index in [1.54, 1.807) is 0 Å². The minimum Gasteiger partial charge on any atom is -0.326 e. The number of nitrogens with two attached hydrogens (primary N) is 1. The third-order valence-electron chi connectivity index (χ3n) is 4.56. The Balaban J connectivity index is 2.30. The maximum atomic E-state index is 6.48. The molecule has 0 amide bonds. The molecule has 1 aromatic carbocycles. The minimum atomic E-state index is 0.204. The van der Waals surface area contributed by atoms with Crippen LogP contribution < -0.4 is 5.73 Å². The third kappa shape index (κ3) is 3.44. The van der Waals surface area contributed by atoms with Crippen molar-refractivity contribution in [2.75, 3.05) is 6.54 Å². The molecule has 0 bridgehead atoms. The van der Waals surface area contributed by atoms with Crippen molar-refractivity contribution in [3.8, 4) is 0 Å². The van der Waals surface area contributed by atoms with Crippen LogP contribution in [0.2, 0.25) is 0 Å². The van der Waals surface area contributed by atoms with Gasteiger partial charge in [-0.3, -0.25) is 4.90 Å². The molecule has 0 aromatic heterocycles. The molecule has 112 valence electrons. The average Bonchev–Trinajstić information content (AvgIpc) is 2.90. The number of hydrogen-bond acceptors (Lipinski definition) is 2. The molecule has 2 N–H and O–H groups in total. The molecule has 0 saturated carbocycles. The van der Waals surface area contributed by atoms with E-state index in [2.05, 4.69) is 65.9 Å². The van der Waals surface area contributed by atoms with E-state index in [1.165, 1.54) is 24.9 Å². The number of nitrogens with zero attached hydrogens (tertiary/aromatic N) is 1. The second-order valence-corrected chi connectivity index (χ2v) is 7.18. The molecule has 1 aliphatic heterocycles. The van der Waals surface area contributed by atoms with Crippen molar-refractivity contribution in [3.05, 3.63) is 34.3 Å². The van der Waals surface area contributed by atoms with Gasteiger partial charge in [0.2, 0.25) is 0 Å². The van der Waals surface area contributed by atoms with Crippen LogP contribution in [0, 0.1) is 5.92 Å². The van der Waals surface area contributed by atoms with Crippen LogP contribution in [0.4, 0.5) is 0 Å². The average molecular weight is 339 g/mol. The Bertz CT molecular complexity index is 416. The predicted octanol–water partition coefficient (Wildman–Crippen LogP) is 4.35. The van der Waals surface area contributed by atoms with Crippen molar-refractivity contribution in [1.82, 2.24) is 4.90 Å². The molecule has 0 aliphatic carbocycles. The molecule has 1 fully saturated rings. The lowest BCUT2D eigenvalue weighted by atomic mass is 9.93. The fourth-order valence-corrected chi connectivity index (χ4v) is 3.71. The number of benzene rings is 1. The summed E-state index contributed by atoms with van der Waals surface area (Å²) in [6.07, 6.45) is 3.62. The molecule has 1 heterocycles. The van der Waals surface area contributed by atoms with Gasteiger partial charge in [-0.15, -0.1) is 0 Å². The lowest BCUT2D eigenvalue weighted by molar-refractivity contribution is 0.125. The molecule has 1 aromatic rings. The zero-order valence-electron chi connectivity index (χ0n) is 12.8. The summed E-state index contributed by atoms with van der Waals surface area (Å²) in [6, 6.07) is 9.93. The molecule has 3 unspecified atom stereocenters. The van der Waals surface area contributed by atoms with Crippen LogP contribution >= 0.6 is 15.9 Å². The Hall–Kier alpha value is -0.380. The number of hydrogen-bond donors (Lipinski definition) is 1. The number of rotatable bonds is 5. The highest BCUT2D eigenvalue weighted by Gasteiger charge is 2.35. The summed E-state index contributed by atoms with van der Waals surface area (Å²) in [4.78, 5) is 2.65. The number of halogens is 1.